The first-order valence-corrected chi connectivity index (χ1v) is 4.04. The van der Waals surface area contributed by atoms with Crippen LogP contribution in [0.15, 0.2) is 18.5 Å². The van der Waals surface area contributed by atoms with Crippen molar-refractivity contribution >= 4 is 24.8 Å². The van der Waals surface area contributed by atoms with Crippen LogP contribution in [0, 0.1) is 0 Å². The Morgan fingerprint density at radius 3 is 2.62 bits per heavy atom. The first-order chi connectivity index (χ1) is 5.42. The van der Waals surface area contributed by atoms with Gasteiger partial charge in [0.1, 0.15) is 0 Å². The lowest BCUT2D eigenvalue weighted by atomic mass is 10.1. The van der Waals surface area contributed by atoms with Gasteiger partial charge in [-0.2, -0.15) is 0 Å². The molecule has 1 aliphatic rings. The Labute approximate surface area is 90.8 Å². The summed E-state index contributed by atoms with van der Waals surface area (Å²) >= 11 is 0. The summed E-state index contributed by atoms with van der Waals surface area (Å²) in [6.07, 6.45) is 6.41. The molecule has 1 aromatic heterocycles. The van der Waals surface area contributed by atoms with Gasteiger partial charge in [-0.25, -0.2) is 0 Å². The first-order valence-electron chi connectivity index (χ1n) is 4.04. The zero-order valence-electron chi connectivity index (χ0n) is 7.27. The predicted octanol–water partition coefficient (Wildman–Crippen LogP) is 2.26. The Hall–Kier alpha value is -0.310. The van der Waals surface area contributed by atoms with E-state index in [-0.39, 0.29) is 24.8 Å². The van der Waals surface area contributed by atoms with Gasteiger partial charge in [-0.15, -0.1) is 24.8 Å². The standard InChI is InChI=1S/C9H12N2.2ClH/c10-5-8-3-4-11-6-9(8)7-1-2-7;;/h3-4,6-7H,1-2,5,10H2;2*1H. The maximum absolute atomic E-state index is 5.59. The van der Waals surface area contributed by atoms with Gasteiger partial charge in [-0.3, -0.25) is 4.98 Å². The number of hydrogen-bond acceptors (Lipinski definition) is 2. The second-order valence-corrected chi connectivity index (χ2v) is 3.05. The Bertz CT molecular complexity index is 262. The van der Waals surface area contributed by atoms with E-state index in [1.807, 2.05) is 18.5 Å². The fourth-order valence-corrected chi connectivity index (χ4v) is 1.38. The smallest absolute Gasteiger partial charge is 0.0305 e. The van der Waals surface area contributed by atoms with Gasteiger partial charge in [0, 0.05) is 18.9 Å². The Kier molecular flexibility index (Phi) is 5.30. The third-order valence-electron chi connectivity index (χ3n) is 2.18. The molecule has 1 aromatic rings. The van der Waals surface area contributed by atoms with E-state index in [1.54, 1.807) is 0 Å². The molecule has 1 saturated carbocycles. The summed E-state index contributed by atoms with van der Waals surface area (Å²) < 4.78 is 0. The molecule has 0 atom stereocenters. The van der Waals surface area contributed by atoms with Gasteiger partial charge in [-0.05, 0) is 36.0 Å². The molecule has 1 aliphatic carbocycles. The van der Waals surface area contributed by atoms with Crippen molar-refractivity contribution in [3.05, 3.63) is 29.6 Å². The minimum absolute atomic E-state index is 0. The largest absolute Gasteiger partial charge is 0.326 e. The Morgan fingerprint density at radius 1 is 1.38 bits per heavy atom. The second-order valence-electron chi connectivity index (χ2n) is 3.05. The molecule has 2 rings (SSSR count). The number of rotatable bonds is 2. The van der Waals surface area contributed by atoms with Crippen molar-refractivity contribution in [1.82, 2.24) is 4.98 Å². The number of aromatic nitrogens is 1. The summed E-state index contributed by atoms with van der Waals surface area (Å²) in [7, 11) is 0. The summed E-state index contributed by atoms with van der Waals surface area (Å²) in [5.41, 5.74) is 8.23. The van der Waals surface area contributed by atoms with Crippen molar-refractivity contribution < 1.29 is 0 Å². The topological polar surface area (TPSA) is 38.9 Å². The normalized spacial score (nSPS) is 14.2. The summed E-state index contributed by atoms with van der Waals surface area (Å²) in [6.45, 7) is 0.647. The maximum Gasteiger partial charge on any atom is 0.0305 e. The van der Waals surface area contributed by atoms with E-state index in [4.69, 9.17) is 5.73 Å². The third kappa shape index (κ3) is 2.83. The van der Waals surface area contributed by atoms with E-state index in [9.17, 15) is 0 Å². The lowest BCUT2D eigenvalue weighted by molar-refractivity contribution is 0.977. The van der Waals surface area contributed by atoms with Gasteiger partial charge < -0.3 is 5.73 Å². The minimum atomic E-state index is 0. The zero-order chi connectivity index (χ0) is 7.68. The molecule has 13 heavy (non-hydrogen) atoms. The minimum Gasteiger partial charge on any atom is -0.326 e. The predicted molar refractivity (Wildman–Crippen MR) is 58.6 cm³/mol. The van der Waals surface area contributed by atoms with Crippen LogP contribution in [0.3, 0.4) is 0 Å². The van der Waals surface area contributed by atoms with Crippen molar-refractivity contribution in [3.8, 4) is 0 Å². The van der Waals surface area contributed by atoms with Gasteiger partial charge in [0.05, 0.1) is 0 Å². The van der Waals surface area contributed by atoms with Gasteiger partial charge in [-0.1, -0.05) is 0 Å². The highest BCUT2D eigenvalue weighted by atomic mass is 35.5. The molecule has 0 radical (unpaired) electrons. The maximum atomic E-state index is 5.59. The molecule has 1 heterocycles. The molecular weight excluding hydrogens is 207 g/mol. The fraction of sp³-hybridized carbons (Fsp3) is 0.444. The van der Waals surface area contributed by atoms with Crippen molar-refractivity contribution in [2.45, 2.75) is 25.3 Å². The summed E-state index contributed by atoms with van der Waals surface area (Å²) in [5.74, 6) is 0.766. The van der Waals surface area contributed by atoms with Crippen molar-refractivity contribution in [1.29, 1.82) is 0 Å². The number of nitrogens with two attached hydrogens (primary N) is 1. The number of nitrogens with zero attached hydrogens (tertiary/aromatic N) is 1. The van der Waals surface area contributed by atoms with Crippen LogP contribution in [0.2, 0.25) is 0 Å². The molecular formula is C9H14Cl2N2. The SMILES string of the molecule is Cl.Cl.NCc1ccncc1C1CC1. The fourth-order valence-electron chi connectivity index (χ4n) is 1.38. The molecule has 0 aromatic carbocycles. The van der Waals surface area contributed by atoms with Crippen LogP contribution in [0.1, 0.15) is 29.9 Å². The van der Waals surface area contributed by atoms with Crippen LogP contribution < -0.4 is 5.73 Å². The molecule has 74 valence electrons. The molecule has 0 saturated heterocycles. The molecule has 0 spiro atoms. The zero-order valence-corrected chi connectivity index (χ0v) is 8.90. The van der Waals surface area contributed by atoms with Gasteiger partial charge in [0.15, 0.2) is 0 Å². The van der Waals surface area contributed by atoms with E-state index in [1.165, 1.54) is 24.0 Å². The molecule has 0 bridgehead atoms. The van der Waals surface area contributed by atoms with Crippen LogP contribution in [0.5, 0.6) is 0 Å². The highest BCUT2D eigenvalue weighted by Crippen LogP contribution is 2.40. The monoisotopic (exact) mass is 220 g/mol. The molecule has 2 N–H and O–H groups in total. The van der Waals surface area contributed by atoms with Gasteiger partial charge >= 0.3 is 0 Å². The van der Waals surface area contributed by atoms with E-state index >= 15 is 0 Å². The van der Waals surface area contributed by atoms with Crippen molar-refractivity contribution in [2.24, 2.45) is 5.73 Å². The van der Waals surface area contributed by atoms with E-state index in [0.717, 1.165) is 5.92 Å². The second kappa shape index (κ2) is 5.43. The van der Waals surface area contributed by atoms with Gasteiger partial charge in [0.25, 0.3) is 0 Å². The van der Waals surface area contributed by atoms with Crippen LogP contribution in [-0.2, 0) is 6.54 Å². The first kappa shape index (κ1) is 12.7. The Balaban J connectivity index is 0.000000720. The quantitative estimate of drug-likeness (QED) is 0.831. The lowest BCUT2D eigenvalue weighted by Crippen LogP contribution is -2.00. The molecule has 0 aliphatic heterocycles. The highest BCUT2D eigenvalue weighted by Gasteiger charge is 2.25. The summed E-state index contributed by atoms with van der Waals surface area (Å²) in [6, 6.07) is 2.02. The molecule has 0 amide bonds. The molecule has 2 nitrogen and oxygen atoms in total. The van der Waals surface area contributed by atoms with E-state index in [0.29, 0.717) is 6.54 Å². The third-order valence-corrected chi connectivity index (χ3v) is 2.18. The number of halogens is 2. The van der Waals surface area contributed by atoms with Crippen LogP contribution in [0.4, 0.5) is 0 Å². The summed E-state index contributed by atoms with van der Waals surface area (Å²) in [4.78, 5) is 4.10. The Morgan fingerprint density at radius 2 is 2.08 bits per heavy atom. The van der Waals surface area contributed by atoms with Crippen molar-refractivity contribution in [2.75, 3.05) is 0 Å². The highest BCUT2D eigenvalue weighted by molar-refractivity contribution is 5.85. The average Bonchev–Trinajstić information content (AvgIpc) is 2.87. The summed E-state index contributed by atoms with van der Waals surface area (Å²) in [5, 5.41) is 0. The van der Waals surface area contributed by atoms with Gasteiger partial charge in [0.2, 0.25) is 0 Å². The molecule has 1 fully saturated rings. The van der Waals surface area contributed by atoms with E-state index in [2.05, 4.69) is 4.98 Å². The average molecular weight is 221 g/mol. The van der Waals surface area contributed by atoms with Crippen LogP contribution in [0.25, 0.3) is 0 Å². The van der Waals surface area contributed by atoms with Crippen LogP contribution in [-0.4, -0.2) is 4.98 Å². The lowest BCUT2D eigenvalue weighted by Gasteiger charge is -2.03. The number of pyridine rings is 1. The number of hydrogen-bond donors (Lipinski definition) is 1. The van der Waals surface area contributed by atoms with Crippen LogP contribution >= 0.6 is 24.8 Å². The van der Waals surface area contributed by atoms with Crippen molar-refractivity contribution in [3.63, 3.8) is 0 Å². The van der Waals surface area contributed by atoms with E-state index < -0.39 is 0 Å². The molecule has 0 unspecified atom stereocenters. The molecule has 4 heteroatoms.